The van der Waals surface area contributed by atoms with Gasteiger partial charge in [0.15, 0.2) is 0 Å². The molecule has 0 bridgehead atoms. The summed E-state index contributed by atoms with van der Waals surface area (Å²) in [6, 6.07) is 14.7. The first-order chi connectivity index (χ1) is 13.0. The monoisotopic (exact) mass is 367 g/mol. The molecule has 3 rings (SSSR count). The van der Waals surface area contributed by atoms with Gasteiger partial charge in [-0.3, -0.25) is 9.59 Å². The van der Waals surface area contributed by atoms with Crippen LogP contribution in [0, 0.1) is 0 Å². The number of rotatable bonds is 5. The van der Waals surface area contributed by atoms with Crippen molar-refractivity contribution < 1.29 is 14.3 Å². The fourth-order valence-electron chi connectivity index (χ4n) is 3.07. The van der Waals surface area contributed by atoms with Gasteiger partial charge in [-0.25, -0.2) is 0 Å². The molecule has 1 atom stereocenters. The minimum Gasteiger partial charge on any atom is -0.486 e. The molecule has 0 fully saturated rings. The molecule has 0 saturated heterocycles. The maximum Gasteiger partial charge on any atom is 0.253 e. The van der Waals surface area contributed by atoms with E-state index in [-0.39, 0.29) is 24.5 Å². The van der Waals surface area contributed by atoms with Crippen molar-refractivity contribution in [3.8, 4) is 5.75 Å². The summed E-state index contributed by atoms with van der Waals surface area (Å²) in [5.41, 5.74) is 2.19. The first-order valence-corrected chi connectivity index (χ1v) is 9.10. The van der Waals surface area contributed by atoms with Crippen LogP contribution in [-0.2, 0) is 4.79 Å². The van der Waals surface area contributed by atoms with Crippen molar-refractivity contribution in [2.45, 2.75) is 19.4 Å². The number of fused-ring (bicyclic) bond motifs is 1. The van der Waals surface area contributed by atoms with Gasteiger partial charge in [-0.15, -0.1) is 0 Å². The first-order valence-electron chi connectivity index (χ1n) is 9.10. The number of carbonyl (C=O) groups is 2. The molecule has 6 heteroatoms. The predicted molar refractivity (Wildman–Crippen MR) is 106 cm³/mol. The third kappa shape index (κ3) is 4.39. The van der Waals surface area contributed by atoms with Gasteiger partial charge in [-0.2, -0.15) is 0 Å². The van der Waals surface area contributed by atoms with Crippen molar-refractivity contribution in [2.75, 3.05) is 37.4 Å². The summed E-state index contributed by atoms with van der Waals surface area (Å²) in [7, 11) is 3.42. The zero-order chi connectivity index (χ0) is 19.4. The molecule has 1 aliphatic heterocycles. The highest BCUT2D eigenvalue weighted by molar-refractivity contribution is 5.96. The van der Waals surface area contributed by atoms with E-state index in [0.717, 1.165) is 17.9 Å². The predicted octanol–water partition coefficient (Wildman–Crippen LogP) is 3.00. The molecule has 2 amide bonds. The molecule has 0 spiro atoms. The summed E-state index contributed by atoms with van der Waals surface area (Å²) in [5, 5.41) is 2.90. The molecule has 0 aliphatic carbocycles. The van der Waals surface area contributed by atoms with Crippen molar-refractivity contribution in [2.24, 2.45) is 0 Å². The molecular formula is C21H25N3O3. The van der Waals surface area contributed by atoms with Crippen LogP contribution >= 0.6 is 0 Å². The van der Waals surface area contributed by atoms with Gasteiger partial charge in [0.05, 0.1) is 18.8 Å². The molecule has 1 unspecified atom stereocenters. The summed E-state index contributed by atoms with van der Waals surface area (Å²) < 4.78 is 5.96. The van der Waals surface area contributed by atoms with E-state index in [1.165, 1.54) is 4.90 Å². The number of anilines is 2. The van der Waals surface area contributed by atoms with E-state index in [4.69, 9.17) is 4.74 Å². The van der Waals surface area contributed by atoms with Crippen LogP contribution in [0.3, 0.4) is 0 Å². The van der Waals surface area contributed by atoms with E-state index in [9.17, 15) is 9.59 Å². The van der Waals surface area contributed by atoms with Crippen LogP contribution in [0.25, 0.3) is 0 Å². The SMILES string of the molecule is CCC1CN(CC(=O)Nc2ccc(C(=O)N(C)C)cc2)c2ccccc2O1. The topological polar surface area (TPSA) is 61.9 Å². The molecule has 27 heavy (non-hydrogen) atoms. The molecule has 1 N–H and O–H groups in total. The standard InChI is InChI=1S/C21H25N3O3/c1-4-17-13-24(18-7-5-6-8-19(18)27-17)14-20(25)22-16-11-9-15(10-12-16)21(26)23(2)3/h5-12,17H,4,13-14H2,1-3H3,(H,22,25). The second kappa shape index (κ2) is 8.12. The highest BCUT2D eigenvalue weighted by atomic mass is 16.5. The van der Waals surface area contributed by atoms with Crippen LogP contribution in [0.15, 0.2) is 48.5 Å². The molecule has 142 valence electrons. The molecule has 1 heterocycles. The van der Waals surface area contributed by atoms with E-state index >= 15 is 0 Å². The number of carbonyl (C=O) groups excluding carboxylic acids is 2. The van der Waals surface area contributed by atoms with Crippen molar-refractivity contribution in [3.05, 3.63) is 54.1 Å². The number of amides is 2. The molecule has 2 aromatic carbocycles. The zero-order valence-electron chi connectivity index (χ0n) is 15.9. The van der Waals surface area contributed by atoms with Crippen molar-refractivity contribution in [1.29, 1.82) is 0 Å². The second-order valence-electron chi connectivity index (χ2n) is 6.82. The maximum absolute atomic E-state index is 12.5. The Balaban J connectivity index is 1.66. The van der Waals surface area contributed by atoms with E-state index in [1.807, 2.05) is 29.2 Å². The van der Waals surface area contributed by atoms with Crippen molar-refractivity contribution >= 4 is 23.2 Å². The molecular weight excluding hydrogens is 342 g/mol. The molecule has 0 aromatic heterocycles. The Morgan fingerprint density at radius 3 is 2.52 bits per heavy atom. The molecule has 2 aromatic rings. The highest BCUT2D eigenvalue weighted by Gasteiger charge is 2.25. The van der Waals surface area contributed by atoms with Crippen LogP contribution in [0.1, 0.15) is 23.7 Å². The van der Waals surface area contributed by atoms with Gasteiger partial charge in [0.2, 0.25) is 5.91 Å². The summed E-state index contributed by atoms with van der Waals surface area (Å²) in [5.74, 6) is 0.645. The van der Waals surface area contributed by atoms with Crippen LogP contribution in [0.4, 0.5) is 11.4 Å². The Morgan fingerprint density at radius 1 is 1.15 bits per heavy atom. The lowest BCUT2D eigenvalue weighted by Crippen LogP contribution is -2.43. The highest BCUT2D eigenvalue weighted by Crippen LogP contribution is 2.33. The number of nitrogens with zero attached hydrogens (tertiary/aromatic N) is 2. The Hall–Kier alpha value is -3.02. The summed E-state index contributed by atoms with van der Waals surface area (Å²) in [6.07, 6.45) is 0.956. The average molecular weight is 367 g/mol. The maximum atomic E-state index is 12.5. The third-order valence-electron chi connectivity index (χ3n) is 4.54. The largest absolute Gasteiger partial charge is 0.486 e. The number of nitrogens with one attached hydrogen (secondary N) is 1. The first kappa shape index (κ1) is 18.8. The van der Waals surface area contributed by atoms with Gasteiger partial charge in [0, 0.05) is 25.3 Å². The van der Waals surface area contributed by atoms with Crippen LogP contribution in [-0.4, -0.2) is 50.0 Å². The summed E-state index contributed by atoms with van der Waals surface area (Å²) in [6.45, 7) is 3.00. The fourth-order valence-corrected chi connectivity index (χ4v) is 3.07. The lowest BCUT2D eigenvalue weighted by molar-refractivity contribution is -0.115. The van der Waals surface area contributed by atoms with Gasteiger partial charge >= 0.3 is 0 Å². The van der Waals surface area contributed by atoms with Crippen LogP contribution < -0.4 is 15.0 Å². The van der Waals surface area contributed by atoms with Gasteiger partial charge in [0.1, 0.15) is 11.9 Å². The van der Waals surface area contributed by atoms with Crippen LogP contribution in [0.5, 0.6) is 5.75 Å². The smallest absolute Gasteiger partial charge is 0.253 e. The van der Waals surface area contributed by atoms with Gasteiger partial charge in [-0.1, -0.05) is 19.1 Å². The van der Waals surface area contributed by atoms with Gasteiger partial charge in [0.25, 0.3) is 5.91 Å². The van der Waals surface area contributed by atoms with Crippen molar-refractivity contribution in [1.82, 2.24) is 4.90 Å². The average Bonchev–Trinajstić information content (AvgIpc) is 2.67. The molecule has 0 radical (unpaired) electrons. The van der Waals surface area contributed by atoms with Gasteiger partial charge in [-0.05, 0) is 42.8 Å². The zero-order valence-corrected chi connectivity index (χ0v) is 15.9. The molecule has 0 saturated carbocycles. The van der Waals surface area contributed by atoms with Gasteiger partial charge < -0.3 is 19.9 Å². The molecule has 6 nitrogen and oxygen atoms in total. The lowest BCUT2D eigenvalue weighted by Gasteiger charge is -2.35. The number of ether oxygens (including phenoxy) is 1. The summed E-state index contributed by atoms with van der Waals surface area (Å²) >= 11 is 0. The normalized spacial score (nSPS) is 15.5. The summed E-state index contributed by atoms with van der Waals surface area (Å²) in [4.78, 5) is 28.0. The van der Waals surface area contributed by atoms with E-state index in [2.05, 4.69) is 12.2 Å². The number of para-hydroxylation sites is 2. The quantitative estimate of drug-likeness (QED) is 0.882. The Kier molecular flexibility index (Phi) is 5.64. The van der Waals surface area contributed by atoms with E-state index < -0.39 is 0 Å². The van der Waals surface area contributed by atoms with E-state index in [0.29, 0.717) is 17.8 Å². The van der Waals surface area contributed by atoms with Crippen LogP contribution in [0.2, 0.25) is 0 Å². The fraction of sp³-hybridized carbons (Fsp3) is 0.333. The second-order valence-corrected chi connectivity index (χ2v) is 6.82. The number of benzene rings is 2. The minimum absolute atomic E-state index is 0.0663. The van der Waals surface area contributed by atoms with E-state index in [1.54, 1.807) is 38.4 Å². The number of hydrogen-bond donors (Lipinski definition) is 1. The Bertz CT molecular complexity index is 818. The number of hydrogen-bond acceptors (Lipinski definition) is 4. The Labute approximate surface area is 159 Å². The molecule has 1 aliphatic rings. The third-order valence-corrected chi connectivity index (χ3v) is 4.54. The lowest BCUT2D eigenvalue weighted by atomic mass is 10.1. The van der Waals surface area contributed by atoms with Crippen molar-refractivity contribution in [3.63, 3.8) is 0 Å². The minimum atomic E-state index is -0.103. The Morgan fingerprint density at radius 2 is 1.85 bits per heavy atom.